The number of ether oxygens (including phenoxy) is 2. The highest BCUT2D eigenvalue weighted by Crippen LogP contribution is 2.50. The third-order valence-electron chi connectivity index (χ3n) is 3.06. The lowest BCUT2D eigenvalue weighted by molar-refractivity contribution is 0.230. The van der Waals surface area contributed by atoms with E-state index in [1.165, 1.54) is 0 Å². The third kappa shape index (κ3) is 2.61. The second kappa shape index (κ2) is 5.02. The van der Waals surface area contributed by atoms with E-state index in [2.05, 4.69) is 6.07 Å². The average Bonchev–Trinajstić information content (AvgIpc) is 3.13. The van der Waals surface area contributed by atoms with E-state index in [1.807, 2.05) is 45.0 Å². The van der Waals surface area contributed by atoms with E-state index < -0.39 is 11.7 Å². The minimum atomic E-state index is -1.23. The van der Waals surface area contributed by atoms with Gasteiger partial charge in [-0.1, -0.05) is 43.7 Å². The van der Waals surface area contributed by atoms with E-state index in [0.717, 1.165) is 11.1 Å². The molecule has 2 atom stereocenters. The molecule has 100 valence electrons. The number of aryl methyl sites for hydroxylation is 1. The predicted octanol–water partition coefficient (Wildman–Crippen LogP) is 2.98. The summed E-state index contributed by atoms with van der Waals surface area (Å²) < 4.78 is 10.8. The second-order valence-corrected chi connectivity index (χ2v) is 5.29. The van der Waals surface area contributed by atoms with Gasteiger partial charge in [-0.05, 0) is 18.4 Å². The normalized spacial score (nSPS) is 24.9. The van der Waals surface area contributed by atoms with Gasteiger partial charge in [0.2, 0.25) is 5.90 Å². The van der Waals surface area contributed by atoms with E-state index in [4.69, 9.17) is 14.9 Å². The summed E-state index contributed by atoms with van der Waals surface area (Å²) in [5, 5.41) is 17.2. The maximum absolute atomic E-state index is 9.28. The molecule has 1 N–H and O–H groups in total. The highest BCUT2D eigenvalue weighted by Gasteiger charge is 2.63. The van der Waals surface area contributed by atoms with Crippen molar-refractivity contribution in [3.8, 4) is 6.07 Å². The topological polar surface area (TPSA) is 69.4 Å². The summed E-state index contributed by atoms with van der Waals surface area (Å²) in [4.78, 5) is 0. The Kier molecular flexibility index (Phi) is 3.59. The molecule has 1 fully saturated rings. The molecular formula is C15H18N2O2. The molecule has 19 heavy (non-hydrogen) atoms. The van der Waals surface area contributed by atoms with Crippen LogP contribution in [0.15, 0.2) is 24.3 Å². The number of nitriles is 1. The molecule has 0 spiro atoms. The molecule has 0 aliphatic carbocycles. The van der Waals surface area contributed by atoms with Crippen LogP contribution in [0.25, 0.3) is 0 Å². The summed E-state index contributed by atoms with van der Waals surface area (Å²) in [6.07, 6.45) is -0.391. The molecule has 0 aromatic heterocycles. The van der Waals surface area contributed by atoms with Crippen molar-refractivity contribution >= 4 is 5.90 Å². The first kappa shape index (κ1) is 13.6. The molecule has 1 aromatic carbocycles. The van der Waals surface area contributed by atoms with Gasteiger partial charge in [-0.25, -0.2) is 0 Å². The molecule has 1 heterocycles. The lowest BCUT2D eigenvalue weighted by Crippen LogP contribution is -2.26. The molecular weight excluding hydrogens is 240 g/mol. The van der Waals surface area contributed by atoms with Crippen LogP contribution >= 0.6 is 0 Å². The van der Waals surface area contributed by atoms with Gasteiger partial charge in [-0.2, -0.15) is 5.26 Å². The van der Waals surface area contributed by atoms with Crippen molar-refractivity contribution in [1.29, 1.82) is 10.7 Å². The standard InChI is InChI=1S/C15H18N2O2/c1-10(2)8-18-14(17)15(9-16)13(19-15)12-6-4-11(3)5-7-12/h4-7,10,13,17H,8H2,1-3H3/t13-,15-/m1/s1. The SMILES string of the molecule is Cc1ccc([C@H]2O[C@@]2(C#N)C(=N)OCC(C)C)cc1. The molecule has 2 rings (SSSR count). The Morgan fingerprint density at radius 1 is 1.47 bits per heavy atom. The zero-order valence-corrected chi connectivity index (χ0v) is 11.4. The number of nitrogens with zero attached hydrogens (tertiary/aromatic N) is 1. The smallest absolute Gasteiger partial charge is 0.260 e. The summed E-state index contributed by atoms with van der Waals surface area (Å²) in [5.74, 6) is 0.224. The molecule has 4 heteroatoms. The van der Waals surface area contributed by atoms with Gasteiger partial charge in [-0.3, -0.25) is 5.41 Å². The van der Waals surface area contributed by atoms with E-state index in [0.29, 0.717) is 12.5 Å². The first-order valence-corrected chi connectivity index (χ1v) is 6.37. The molecule has 0 unspecified atom stereocenters. The molecule has 0 bridgehead atoms. The average molecular weight is 258 g/mol. The summed E-state index contributed by atoms with van der Waals surface area (Å²) >= 11 is 0. The minimum Gasteiger partial charge on any atom is -0.478 e. The van der Waals surface area contributed by atoms with Crippen molar-refractivity contribution in [2.75, 3.05) is 6.61 Å². The number of hydrogen-bond acceptors (Lipinski definition) is 4. The van der Waals surface area contributed by atoms with Gasteiger partial charge in [-0.15, -0.1) is 0 Å². The van der Waals surface area contributed by atoms with E-state index in [1.54, 1.807) is 0 Å². The lowest BCUT2D eigenvalue weighted by Gasteiger charge is -2.11. The van der Waals surface area contributed by atoms with Crippen LogP contribution in [0.2, 0.25) is 0 Å². The summed E-state index contributed by atoms with van der Waals surface area (Å²) in [5.41, 5.74) is 0.826. The van der Waals surface area contributed by atoms with Gasteiger partial charge in [0.15, 0.2) is 0 Å². The number of hydrogen-bond donors (Lipinski definition) is 1. The van der Waals surface area contributed by atoms with Crippen LogP contribution in [-0.2, 0) is 9.47 Å². The monoisotopic (exact) mass is 258 g/mol. The second-order valence-electron chi connectivity index (χ2n) is 5.29. The zero-order valence-electron chi connectivity index (χ0n) is 11.4. The Hall–Kier alpha value is -1.86. The Morgan fingerprint density at radius 2 is 2.11 bits per heavy atom. The molecule has 0 radical (unpaired) electrons. The summed E-state index contributed by atoms with van der Waals surface area (Å²) in [6, 6.07) is 9.86. The fourth-order valence-electron chi connectivity index (χ4n) is 1.86. The van der Waals surface area contributed by atoms with Crippen LogP contribution in [0.5, 0.6) is 0 Å². The molecule has 0 saturated carbocycles. The van der Waals surface area contributed by atoms with E-state index >= 15 is 0 Å². The van der Waals surface area contributed by atoms with Gasteiger partial charge in [0.25, 0.3) is 5.60 Å². The first-order valence-electron chi connectivity index (χ1n) is 6.37. The van der Waals surface area contributed by atoms with Crippen molar-refractivity contribution < 1.29 is 9.47 Å². The molecule has 1 aliphatic heterocycles. The van der Waals surface area contributed by atoms with Crippen molar-refractivity contribution in [1.82, 2.24) is 0 Å². The Morgan fingerprint density at radius 3 is 2.63 bits per heavy atom. The fourth-order valence-corrected chi connectivity index (χ4v) is 1.86. The van der Waals surface area contributed by atoms with Gasteiger partial charge in [0.05, 0.1) is 6.61 Å². The highest BCUT2D eigenvalue weighted by atomic mass is 16.6. The van der Waals surface area contributed by atoms with Gasteiger partial charge in [0.1, 0.15) is 12.2 Å². The summed E-state index contributed by atoms with van der Waals surface area (Å²) in [7, 11) is 0. The maximum Gasteiger partial charge on any atom is 0.260 e. The number of benzene rings is 1. The molecule has 1 saturated heterocycles. The van der Waals surface area contributed by atoms with Crippen LogP contribution in [0.1, 0.15) is 31.1 Å². The van der Waals surface area contributed by atoms with Gasteiger partial charge < -0.3 is 9.47 Å². The largest absolute Gasteiger partial charge is 0.478 e. The zero-order chi connectivity index (χ0) is 14.0. The Labute approximate surface area is 113 Å². The van der Waals surface area contributed by atoms with Crippen molar-refractivity contribution in [2.45, 2.75) is 32.5 Å². The Balaban J connectivity index is 2.09. The van der Waals surface area contributed by atoms with Crippen molar-refractivity contribution in [3.05, 3.63) is 35.4 Å². The summed E-state index contributed by atoms with van der Waals surface area (Å²) in [6.45, 7) is 6.42. The quantitative estimate of drug-likeness (QED) is 0.512. The van der Waals surface area contributed by atoms with Crippen molar-refractivity contribution in [2.24, 2.45) is 5.92 Å². The highest BCUT2D eigenvalue weighted by molar-refractivity contribution is 5.89. The van der Waals surface area contributed by atoms with E-state index in [-0.39, 0.29) is 5.90 Å². The van der Waals surface area contributed by atoms with Crippen molar-refractivity contribution in [3.63, 3.8) is 0 Å². The van der Waals surface area contributed by atoms with Crippen LogP contribution in [0.4, 0.5) is 0 Å². The first-order chi connectivity index (χ1) is 8.99. The molecule has 1 aliphatic rings. The fraction of sp³-hybridized carbons (Fsp3) is 0.467. The predicted molar refractivity (Wildman–Crippen MR) is 71.9 cm³/mol. The van der Waals surface area contributed by atoms with Gasteiger partial charge >= 0.3 is 0 Å². The van der Waals surface area contributed by atoms with E-state index in [9.17, 15) is 5.26 Å². The number of epoxide rings is 1. The number of nitrogens with one attached hydrogen (secondary N) is 1. The molecule has 1 aromatic rings. The maximum atomic E-state index is 9.28. The van der Waals surface area contributed by atoms with Crippen LogP contribution in [0.3, 0.4) is 0 Å². The van der Waals surface area contributed by atoms with Crippen LogP contribution < -0.4 is 0 Å². The number of rotatable bonds is 4. The Bertz CT molecular complexity index is 516. The molecule has 0 amide bonds. The van der Waals surface area contributed by atoms with Gasteiger partial charge in [0, 0.05) is 0 Å². The minimum absolute atomic E-state index is 0.0886. The molecule has 4 nitrogen and oxygen atoms in total. The third-order valence-corrected chi connectivity index (χ3v) is 3.06. The lowest BCUT2D eigenvalue weighted by atomic mass is 9.99. The van der Waals surface area contributed by atoms with Crippen LogP contribution in [-0.4, -0.2) is 18.1 Å². The van der Waals surface area contributed by atoms with Crippen LogP contribution in [0, 0.1) is 29.6 Å².